The lowest BCUT2D eigenvalue weighted by molar-refractivity contribution is 0.0990. The van der Waals surface area contributed by atoms with E-state index < -0.39 is 0 Å². The van der Waals surface area contributed by atoms with Gasteiger partial charge in [0.1, 0.15) is 5.76 Å². The second-order valence-electron chi connectivity index (χ2n) is 8.46. The van der Waals surface area contributed by atoms with Crippen molar-refractivity contribution >= 4 is 51.9 Å². The molecule has 0 saturated heterocycles. The minimum absolute atomic E-state index is 0.0362. The van der Waals surface area contributed by atoms with E-state index in [1.165, 1.54) is 23.8 Å². The first-order valence-corrected chi connectivity index (χ1v) is 11.7. The fourth-order valence-corrected chi connectivity index (χ4v) is 4.86. The molecule has 0 aliphatic heterocycles. The average Bonchev–Trinajstić information content (AvgIpc) is 3.48. The van der Waals surface area contributed by atoms with Crippen LogP contribution in [0, 0.1) is 0 Å². The molecule has 170 valence electrons. The summed E-state index contributed by atoms with van der Waals surface area (Å²) in [4.78, 5) is 25.7. The summed E-state index contributed by atoms with van der Waals surface area (Å²) in [6, 6.07) is 25.3. The maximum atomic E-state index is 12.8. The van der Waals surface area contributed by atoms with Gasteiger partial charge in [0.2, 0.25) is 0 Å². The molecule has 2 heterocycles. The topological polar surface area (TPSA) is 52.2 Å². The number of allylic oxidation sites excluding steroid dienone is 1. The minimum Gasteiger partial charge on any atom is -0.455 e. The second-order valence-corrected chi connectivity index (χ2v) is 9.27. The molecule has 0 radical (unpaired) electrons. The van der Waals surface area contributed by atoms with Crippen LogP contribution in [0.25, 0.3) is 39.6 Å². The molecular formula is C29H17Cl2NO3. The van der Waals surface area contributed by atoms with Gasteiger partial charge in [-0.2, -0.15) is 0 Å². The quantitative estimate of drug-likeness (QED) is 0.188. The first-order chi connectivity index (χ1) is 16.9. The molecule has 0 spiro atoms. The molecule has 4 nitrogen and oxygen atoms in total. The van der Waals surface area contributed by atoms with Gasteiger partial charge in [0.05, 0.1) is 26.8 Å². The molecule has 35 heavy (non-hydrogen) atoms. The van der Waals surface area contributed by atoms with Crippen LogP contribution in [0.3, 0.4) is 0 Å². The normalized spacial score (nSPS) is 13.1. The summed E-state index contributed by atoms with van der Waals surface area (Å²) >= 11 is 12.1. The SMILES string of the molecule is Cn1c(-c2ccc(-c3ccccc3)cc2)cc2oc(C=C3C(=O)c4cc(Cl)c(Cl)cc4C3=O)cc21. The van der Waals surface area contributed by atoms with Crippen LogP contribution in [0.15, 0.2) is 88.9 Å². The number of Topliss-reactive ketones (excluding diaryl/α,β-unsaturated/α-hetero) is 2. The summed E-state index contributed by atoms with van der Waals surface area (Å²) in [5.41, 5.74) is 6.46. The smallest absolute Gasteiger partial charge is 0.197 e. The summed E-state index contributed by atoms with van der Waals surface area (Å²) < 4.78 is 8.03. The molecule has 5 aromatic rings. The van der Waals surface area contributed by atoms with Crippen molar-refractivity contribution < 1.29 is 14.0 Å². The number of carbonyl (C=O) groups is 2. The molecule has 6 rings (SSSR count). The van der Waals surface area contributed by atoms with Crippen LogP contribution in [0.2, 0.25) is 10.0 Å². The number of aryl methyl sites for hydroxylation is 1. The predicted molar refractivity (Wildman–Crippen MR) is 139 cm³/mol. The zero-order chi connectivity index (χ0) is 24.3. The van der Waals surface area contributed by atoms with E-state index in [2.05, 4.69) is 36.4 Å². The Morgan fingerprint density at radius 1 is 0.743 bits per heavy atom. The van der Waals surface area contributed by atoms with Crippen LogP contribution in [-0.4, -0.2) is 16.1 Å². The Bertz CT molecular complexity index is 1650. The molecule has 1 aliphatic carbocycles. The van der Waals surface area contributed by atoms with E-state index >= 15 is 0 Å². The summed E-state index contributed by atoms with van der Waals surface area (Å²) in [5, 5.41) is 0.474. The van der Waals surface area contributed by atoms with Gasteiger partial charge < -0.3 is 8.98 Å². The molecule has 6 heteroatoms. The zero-order valence-corrected chi connectivity index (χ0v) is 20.0. The van der Waals surface area contributed by atoms with Crippen LogP contribution in [0.1, 0.15) is 26.5 Å². The molecule has 0 N–H and O–H groups in total. The number of furan rings is 1. The number of benzene rings is 3. The van der Waals surface area contributed by atoms with Crippen molar-refractivity contribution in [3.05, 3.63) is 111 Å². The number of hydrogen-bond donors (Lipinski definition) is 0. The summed E-state index contributed by atoms with van der Waals surface area (Å²) in [6.45, 7) is 0. The molecule has 0 amide bonds. The highest BCUT2D eigenvalue weighted by atomic mass is 35.5. The van der Waals surface area contributed by atoms with Crippen LogP contribution < -0.4 is 0 Å². The van der Waals surface area contributed by atoms with Gasteiger partial charge in [-0.25, -0.2) is 0 Å². The highest BCUT2D eigenvalue weighted by molar-refractivity contribution is 6.46. The van der Waals surface area contributed by atoms with E-state index in [0.29, 0.717) is 11.3 Å². The van der Waals surface area contributed by atoms with Crippen LogP contribution >= 0.6 is 23.2 Å². The van der Waals surface area contributed by atoms with Crippen LogP contribution in [0.5, 0.6) is 0 Å². The Balaban J connectivity index is 1.33. The lowest BCUT2D eigenvalue weighted by atomic mass is 10.0. The Hall–Kier alpha value is -3.86. The average molecular weight is 498 g/mol. The van der Waals surface area contributed by atoms with Gasteiger partial charge in [-0.15, -0.1) is 0 Å². The third kappa shape index (κ3) is 3.54. The number of carbonyl (C=O) groups excluding carboxylic acids is 2. The summed E-state index contributed by atoms with van der Waals surface area (Å²) in [6.07, 6.45) is 1.49. The zero-order valence-electron chi connectivity index (χ0n) is 18.5. The van der Waals surface area contributed by atoms with Crippen LogP contribution in [0.4, 0.5) is 0 Å². The summed E-state index contributed by atoms with van der Waals surface area (Å²) in [5.74, 6) is -0.343. The monoisotopic (exact) mass is 497 g/mol. The molecule has 0 atom stereocenters. The number of aromatic nitrogens is 1. The minimum atomic E-state index is -0.386. The number of fused-ring (bicyclic) bond motifs is 2. The van der Waals surface area contributed by atoms with Crippen molar-refractivity contribution in [2.75, 3.05) is 0 Å². The number of halogens is 2. The number of hydrogen-bond acceptors (Lipinski definition) is 3. The molecular weight excluding hydrogens is 481 g/mol. The van der Waals surface area contributed by atoms with E-state index in [-0.39, 0.29) is 38.3 Å². The van der Waals surface area contributed by atoms with Crippen molar-refractivity contribution in [3.63, 3.8) is 0 Å². The lowest BCUT2D eigenvalue weighted by Gasteiger charge is -2.06. The molecule has 0 bridgehead atoms. The van der Waals surface area contributed by atoms with Crippen molar-refractivity contribution in [1.82, 2.24) is 4.57 Å². The standard InChI is InChI=1S/C29H17Cl2NO3/c1-32-25(18-9-7-17(8-10-18)16-5-3-2-4-6-16)15-27-26(32)12-19(35-27)11-22-28(33)20-13-23(30)24(31)14-21(20)29(22)34/h2-15H,1H3. The highest BCUT2D eigenvalue weighted by Gasteiger charge is 2.34. The van der Waals surface area contributed by atoms with Gasteiger partial charge in [0.15, 0.2) is 17.1 Å². The van der Waals surface area contributed by atoms with E-state index in [1.807, 2.05) is 41.9 Å². The van der Waals surface area contributed by atoms with E-state index in [4.69, 9.17) is 27.6 Å². The first kappa shape index (κ1) is 21.7. The van der Waals surface area contributed by atoms with Gasteiger partial charge in [-0.05, 0) is 34.9 Å². The highest BCUT2D eigenvalue weighted by Crippen LogP contribution is 2.36. The lowest BCUT2D eigenvalue weighted by Crippen LogP contribution is -1.99. The third-order valence-corrected chi connectivity index (χ3v) is 7.09. The Labute approximate surface area is 211 Å². The molecule has 0 unspecified atom stereocenters. The molecule has 3 aromatic carbocycles. The van der Waals surface area contributed by atoms with Crippen molar-refractivity contribution in [2.45, 2.75) is 0 Å². The number of ketones is 2. The Morgan fingerprint density at radius 2 is 1.31 bits per heavy atom. The van der Waals surface area contributed by atoms with E-state index in [0.717, 1.165) is 22.3 Å². The third-order valence-electron chi connectivity index (χ3n) is 6.36. The maximum absolute atomic E-state index is 12.8. The first-order valence-electron chi connectivity index (χ1n) is 11.0. The predicted octanol–water partition coefficient (Wildman–Crippen LogP) is 7.87. The second kappa shape index (κ2) is 8.12. The van der Waals surface area contributed by atoms with Crippen LogP contribution in [-0.2, 0) is 7.05 Å². The van der Waals surface area contributed by atoms with Crippen molar-refractivity contribution in [2.24, 2.45) is 7.05 Å². The van der Waals surface area contributed by atoms with Gasteiger partial charge in [0, 0.05) is 30.3 Å². The summed E-state index contributed by atoms with van der Waals surface area (Å²) in [7, 11) is 1.96. The Kier molecular flexibility index (Phi) is 5.03. The molecule has 2 aromatic heterocycles. The van der Waals surface area contributed by atoms with Gasteiger partial charge >= 0.3 is 0 Å². The maximum Gasteiger partial charge on any atom is 0.197 e. The number of nitrogens with zero attached hydrogens (tertiary/aromatic N) is 1. The van der Waals surface area contributed by atoms with E-state index in [1.54, 1.807) is 0 Å². The largest absolute Gasteiger partial charge is 0.455 e. The number of rotatable bonds is 3. The van der Waals surface area contributed by atoms with Gasteiger partial charge in [-0.3, -0.25) is 9.59 Å². The van der Waals surface area contributed by atoms with Gasteiger partial charge in [0.25, 0.3) is 0 Å². The van der Waals surface area contributed by atoms with E-state index in [9.17, 15) is 9.59 Å². The fourth-order valence-electron chi connectivity index (χ4n) is 4.53. The van der Waals surface area contributed by atoms with Crippen molar-refractivity contribution in [1.29, 1.82) is 0 Å². The molecule has 0 saturated carbocycles. The molecule has 0 fully saturated rings. The van der Waals surface area contributed by atoms with Gasteiger partial charge in [-0.1, -0.05) is 77.8 Å². The van der Waals surface area contributed by atoms with Crippen molar-refractivity contribution in [3.8, 4) is 22.4 Å². The molecule has 1 aliphatic rings. The Morgan fingerprint density at radius 3 is 1.91 bits per heavy atom. The fraction of sp³-hybridized carbons (Fsp3) is 0.0345.